The summed E-state index contributed by atoms with van der Waals surface area (Å²) in [6.07, 6.45) is 2.20. The predicted octanol–water partition coefficient (Wildman–Crippen LogP) is 4.86. The molecule has 1 saturated carbocycles. The average Bonchev–Trinajstić information content (AvgIpc) is 3.53. The van der Waals surface area contributed by atoms with E-state index in [1.807, 2.05) is 0 Å². The number of carbonyl (C=O) groups excluding carboxylic acids is 2. The minimum atomic E-state index is -0.466. The molecule has 0 radical (unpaired) electrons. The van der Waals surface area contributed by atoms with Gasteiger partial charge in [-0.15, -0.1) is 0 Å². The number of nitrogens with zero attached hydrogens (tertiary/aromatic N) is 3. The first kappa shape index (κ1) is 22.1. The highest BCUT2D eigenvalue weighted by molar-refractivity contribution is 9.10. The van der Waals surface area contributed by atoms with Gasteiger partial charge in [-0.1, -0.05) is 23.7 Å². The van der Waals surface area contributed by atoms with Gasteiger partial charge in [0.25, 0.3) is 11.8 Å². The Labute approximate surface area is 198 Å². The zero-order valence-corrected chi connectivity index (χ0v) is 19.5. The molecule has 9 heteroatoms. The number of para-hydroxylation sites is 1. The summed E-state index contributed by atoms with van der Waals surface area (Å²) in [6.45, 7) is 2.32. The number of halogens is 2. The molecule has 1 aliphatic carbocycles. The average molecular weight is 513 g/mol. The van der Waals surface area contributed by atoms with E-state index in [2.05, 4.69) is 37.7 Å². The Morgan fingerprint density at radius 1 is 1.25 bits per heavy atom. The number of amides is 2. The molecule has 0 saturated heterocycles. The lowest BCUT2D eigenvalue weighted by atomic mass is 10.0. The third-order valence-corrected chi connectivity index (χ3v) is 5.90. The molecule has 7 nitrogen and oxygen atoms in total. The molecule has 1 fully saturated rings. The van der Waals surface area contributed by atoms with Crippen molar-refractivity contribution < 1.29 is 9.59 Å². The Morgan fingerprint density at radius 3 is 2.69 bits per heavy atom. The highest BCUT2D eigenvalue weighted by atomic mass is 79.9. The van der Waals surface area contributed by atoms with Crippen molar-refractivity contribution in [2.75, 3.05) is 11.9 Å². The van der Waals surface area contributed by atoms with E-state index in [4.69, 9.17) is 11.6 Å². The maximum atomic E-state index is 13.3. The molecule has 2 N–H and O–H groups in total. The second-order valence-electron chi connectivity index (χ2n) is 7.65. The fourth-order valence-corrected chi connectivity index (χ4v) is 3.94. The van der Waals surface area contributed by atoms with Crippen LogP contribution in [0.25, 0.3) is 5.69 Å². The minimum Gasteiger partial charge on any atom is -0.352 e. The Bertz CT molecular complexity index is 1260. The van der Waals surface area contributed by atoms with Gasteiger partial charge < -0.3 is 10.6 Å². The summed E-state index contributed by atoms with van der Waals surface area (Å²) in [4.78, 5) is 26.1. The molecule has 162 valence electrons. The van der Waals surface area contributed by atoms with Crippen LogP contribution in [0.15, 0.2) is 47.1 Å². The molecule has 4 rings (SSSR count). The fraction of sp³-hybridized carbons (Fsp3) is 0.217. The van der Waals surface area contributed by atoms with Gasteiger partial charge in [-0.2, -0.15) is 10.4 Å². The summed E-state index contributed by atoms with van der Waals surface area (Å²) >= 11 is 9.62. The zero-order valence-electron chi connectivity index (χ0n) is 17.2. The van der Waals surface area contributed by atoms with E-state index in [-0.39, 0.29) is 17.2 Å². The Balaban J connectivity index is 1.69. The monoisotopic (exact) mass is 511 g/mol. The van der Waals surface area contributed by atoms with Crippen molar-refractivity contribution in [1.82, 2.24) is 15.1 Å². The normalized spacial score (nSPS) is 12.8. The molecule has 2 aromatic carbocycles. The summed E-state index contributed by atoms with van der Waals surface area (Å²) in [7, 11) is 0. The molecule has 1 aliphatic rings. The van der Waals surface area contributed by atoms with Crippen LogP contribution < -0.4 is 10.6 Å². The van der Waals surface area contributed by atoms with Gasteiger partial charge in [-0.3, -0.25) is 9.59 Å². The van der Waals surface area contributed by atoms with Gasteiger partial charge in [-0.05, 0) is 71.4 Å². The van der Waals surface area contributed by atoms with Gasteiger partial charge in [0.15, 0.2) is 0 Å². The van der Waals surface area contributed by atoms with Crippen molar-refractivity contribution in [2.24, 2.45) is 5.92 Å². The zero-order chi connectivity index (χ0) is 22.8. The van der Waals surface area contributed by atoms with Crippen LogP contribution in [-0.2, 0) is 0 Å². The molecule has 2 amide bonds. The van der Waals surface area contributed by atoms with Crippen molar-refractivity contribution in [3.05, 3.63) is 74.5 Å². The highest BCUT2D eigenvalue weighted by Gasteiger charge is 2.25. The molecule has 0 bridgehead atoms. The molecule has 1 heterocycles. The Morgan fingerprint density at radius 2 is 2.00 bits per heavy atom. The Kier molecular flexibility index (Phi) is 6.31. The van der Waals surface area contributed by atoms with Crippen LogP contribution in [0.1, 0.15) is 44.8 Å². The van der Waals surface area contributed by atoms with E-state index in [9.17, 15) is 14.9 Å². The molecular weight excluding hydrogens is 494 g/mol. The van der Waals surface area contributed by atoms with Crippen molar-refractivity contribution >= 4 is 45.0 Å². The fourth-order valence-electron chi connectivity index (χ4n) is 3.35. The topological polar surface area (TPSA) is 99.8 Å². The Hall–Kier alpha value is -3.15. The predicted molar refractivity (Wildman–Crippen MR) is 125 cm³/mol. The lowest BCUT2D eigenvalue weighted by Crippen LogP contribution is -2.28. The second kappa shape index (κ2) is 9.15. The third kappa shape index (κ3) is 4.69. The standard InChI is InChI=1S/C23H19BrClN5O2/c1-13-8-15(11-26)9-16(22(31)27-12-14-6-7-14)21(13)28-23(32)19-10-20(24)29-30(19)18-5-3-2-4-17(18)25/h2-5,8-10,14H,6-7,12H2,1H3,(H,27,31)(H,28,32). The lowest BCUT2D eigenvalue weighted by Gasteiger charge is -2.15. The molecule has 0 atom stereocenters. The van der Waals surface area contributed by atoms with E-state index in [1.165, 1.54) is 10.7 Å². The van der Waals surface area contributed by atoms with Gasteiger partial charge >= 0.3 is 0 Å². The molecule has 0 spiro atoms. The van der Waals surface area contributed by atoms with Crippen LogP contribution in [0.5, 0.6) is 0 Å². The van der Waals surface area contributed by atoms with Crippen molar-refractivity contribution in [3.8, 4) is 11.8 Å². The molecule has 1 aromatic heterocycles. The summed E-state index contributed by atoms with van der Waals surface area (Å²) in [5.41, 5.74) is 2.34. The highest BCUT2D eigenvalue weighted by Crippen LogP contribution is 2.29. The van der Waals surface area contributed by atoms with Crippen LogP contribution in [0.3, 0.4) is 0 Å². The van der Waals surface area contributed by atoms with E-state index in [0.717, 1.165) is 12.8 Å². The van der Waals surface area contributed by atoms with Gasteiger partial charge in [0.2, 0.25) is 0 Å². The molecule has 32 heavy (non-hydrogen) atoms. The summed E-state index contributed by atoms with van der Waals surface area (Å²) in [6, 6.07) is 13.8. The van der Waals surface area contributed by atoms with Crippen LogP contribution >= 0.6 is 27.5 Å². The quantitative estimate of drug-likeness (QED) is 0.492. The van der Waals surface area contributed by atoms with E-state index >= 15 is 0 Å². The van der Waals surface area contributed by atoms with Gasteiger partial charge in [0, 0.05) is 12.6 Å². The number of nitrogens with one attached hydrogen (secondary N) is 2. The lowest BCUT2D eigenvalue weighted by molar-refractivity contribution is 0.0952. The summed E-state index contributed by atoms with van der Waals surface area (Å²) < 4.78 is 1.90. The number of nitriles is 1. The van der Waals surface area contributed by atoms with Gasteiger partial charge in [-0.25, -0.2) is 4.68 Å². The van der Waals surface area contributed by atoms with Crippen molar-refractivity contribution in [2.45, 2.75) is 19.8 Å². The number of benzene rings is 2. The largest absolute Gasteiger partial charge is 0.352 e. The molecule has 0 aliphatic heterocycles. The number of anilines is 1. The SMILES string of the molecule is Cc1cc(C#N)cc(C(=O)NCC2CC2)c1NC(=O)c1cc(Br)nn1-c1ccccc1Cl. The third-order valence-electron chi connectivity index (χ3n) is 5.19. The van der Waals surface area contributed by atoms with Gasteiger partial charge in [0.05, 0.1) is 33.6 Å². The number of aromatic nitrogens is 2. The van der Waals surface area contributed by atoms with Crippen LogP contribution in [0, 0.1) is 24.2 Å². The van der Waals surface area contributed by atoms with E-state index in [1.54, 1.807) is 43.3 Å². The smallest absolute Gasteiger partial charge is 0.274 e. The second-order valence-corrected chi connectivity index (χ2v) is 8.87. The van der Waals surface area contributed by atoms with Crippen molar-refractivity contribution in [1.29, 1.82) is 5.26 Å². The molecular formula is C23H19BrClN5O2. The number of aryl methyl sites for hydroxylation is 1. The maximum absolute atomic E-state index is 13.3. The first-order chi connectivity index (χ1) is 15.4. The van der Waals surface area contributed by atoms with Crippen molar-refractivity contribution in [3.63, 3.8) is 0 Å². The maximum Gasteiger partial charge on any atom is 0.274 e. The first-order valence-corrected chi connectivity index (χ1v) is 11.2. The van der Waals surface area contributed by atoms with E-state index in [0.29, 0.717) is 44.6 Å². The summed E-state index contributed by atoms with van der Waals surface area (Å²) in [5.74, 6) is -0.292. The number of rotatable bonds is 6. The van der Waals surface area contributed by atoms with Crippen LogP contribution in [0.2, 0.25) is 5.02 Å². The summed E-state index contributed by atoms with van der Waals surface area (Å²) in [5, 5.41) is 19.8. The van der Waals surface area contributed by atoms with E-state index < -0.39 is 5.91 Å². The number of carbonyl (C=O) groups is 2. The van der Waals surface area contributed by atoms with Crippen LogP contribution in [-0.4, -0.2) is 28.1 Å². The molecule has 3 aromatic rings. The number of hydrogen-bond donors (Lipinski definition) is 2. The van der Waals surface area contributed by atoms with Gasteiger partial charge in [0.1, 0.15) is 10.3 Å². The molecule has 0 unspecified atom stereocenters. The first-order valence-electron chi connectivity index (χ1n) is 10.0. The minimum absolute atomic E-state index is 0.234. The van der Waals surface area contributed by atoms with Crippen LogP contribution in [0.4, 0.5) is 5.69 Å². The number of hydrogen-bond acceptors (Lipinski definition) is 4.